The SMILES string of the molecule is F[B-](F)(F)F.N[C@H]1COC1=O. The summed E-state index contributed by atoms with van der Waals surface area (Å²) in [5.74, 6) is -0.282. The first-order valence-electron chi connectivity index (χ1n) is 2.60. The molecule has 1 atom stereocenters. The van der Waals surface area contributed by atoms with E-state index in [1.165, 1.54) is 0 Å². The van der Waals surface area contributed by atoms with Gasteiger partial charge in [-0.05, 0) is 0 Å². The molecule has 0 aromatic rings. The van der Waals surface area contributed by atoms with Gasteiger partial charge < -0.3 is 27.7 Å². The van der Waals surface area contributed by atoms with Crippen LogP contribution in [-0.4, -0.2) is 25.9 Å². The lowest BCUT2D eigenvalue weighted by molar-refractivity contribution is -0.160. The number of carbonyl (C=O) groups excluding carboxylic acids is 1. The summed E-state index contributed by atoms with van der Waals surface area (Å²) in [5.41, 5.74) is 5.05. The van der Waals surface area contributed by atoms with Gasteiger partial charge >= 0.3 is 13.2 Å². The number of nitrogens with two attached hydrogens (primary N) is 1. The lowest BCUT2D eigenvalue weighted by atomic mass is 10.3. The Labute approximate surface area is 59.6 Å². The van der Waals surface area contributed by atoms with E-state index in [1.54, 1.807) is 0 Å². The number of rotatable bonds is 0. The van der Waals surface area contributed by atoms with Crippen LogP contribution in [0, 0.1) is 0 Å². The summed E-state index contributed by atoms with van der Waals surface area (Å²) < 4.78 is 43.3. The van der Waals surface area contributed by atoms with Crippen molar-refractivity contribution in [3.63, 3.8) is 0 Å². The normalized spacial score (nSPS) is 22.6. The van der Waals surface area contributed by atoms with Crippen molar-refractivity contribution in [3.05, 3.63) is 0 Å². The smallest absolute Gasteiger partial charge is 0.462 e. The van der Waals surface area contributed by atoms with Crippen molar-refractivity contribution in [1.29, 1.82) is 0 Å². The van der Waals surface area contributed by atoms with Crippen LogP contribution in [0.4, 0.5) is 17.3 Å². The van der Waals surface area contributed by atoms with E-state index in [-0.39, 0.29) is 12.0 Å². The molecule has 1 rings (SSSR count). The van der Waals surface area contributed by atoms with E-state index >= 15 is 0 Å². The topological polar surface area (TPSA) is 52.3 Å². The number of carbonyl (C=O) groups is 1. The minimum atomic E-state index is -6.00. The van der Waals surface area contributed by atoms with Crippen molar-refractivity contribution < 1.29 is 26.8 Å². The molecule has 0 spiro atoms. The second-order valence-corrected chi connectivity index (χ2v) is 1.73. The lowest BCUT2D eigenvalue weighted by Gasteiger charge is -2.18. The molecule has 0 aromatic carbocycles. The molecule has 11 heavy (non-hydrogen) atoms. The van der Waals surface area contributed by atoms with Crippen LogP contribution in [0.2, 0.25) is 0 Å². The molecule has 0 aliphatic carbocycles. The Bertz CT molecular complexity index is 143. The zero-order chi connectivity index (χ0) is 9.07. The summed E-state index contributed by atoms with van der Waals surface area (Å²) in [5, 5.41) is 0. The maximum absolute atomic E-state index is 9.88. The molecule has 0 bridgehead atoms. The van der Waals surface area contributed by atoms with Gasteiger partial charge in [0.1, 0.15) is 12.6 Å². The Kier molecular flexibility index (Phi) is 3.31. The molecule has 0 unspecified atom stereocenters. The lowest BCUT2D eigenvalue weighted by Crippen LogP contribution is -2.47. The number of hydrogen-bond donors (Lipinski definition) is 1. The highest BCUT2D eigenvalue weighted by Gasteiger charge is 2.25. The minimum absolute atomic E-state index is 0.282. The van der Waals surface area contributed by atoms with E-state index in [4.69, 9.17) is 5.73 Å². The van der Waals surface area contributed by atoms with Crippen LogP contribution < -0.4 is 5.73 Å². The molecule has 1 fully saturated rings. The number of cyclic esters (lactones) is 1. The maximum Gasteiger partial charge on any atom is 0.673 e. The molecule has 1 heterocycles. The zero-order valence-electron chi connectivity index (χ0n) is 5.27. The molecule has 2 N–H and O–H groups in total. The predicted octanol–water partition coefficient (Wildman–Crippen LogP) is 0.171. The first-order valence-corrected chi connectivity index (χ1v) is 2.60. The molecule has 0 saturated carbocycles. The highest BCUT2D eigenvalue weighted by Crippen LogP contribution is 2.06. The number of hydrogen-bond acceptors (Lipinski definition) is 3. The third-order valence-electron chi connectivity index (χ3n) is 0.708. The molecule has 1 saturated heterocycles. The average Bonchev–Trinajstić information content (AvgIpc) is 1.80. The fraction of sp³-hybridized carbons (Fsp3) is 0.667. The van der Waals surface area contributed by atoms with Crippen LogP contribution in [0.3, 0.4) is 0 Å². The monoisotopic (exact) mass is 174 g/mol. The standard InChI is InChI=1S/C3H5NO2.BF4/c4-2-1-6-3(2)5;2-1(3,4)5/h2H,1,4H2;/q;-1/t2-;/m0./s1. The Morgan fingerprint density at radius 3 is 1.73 bits per heavy atom. The van der Waals surface area contributed by atoms with Crippen molar-refractivity contribution in [1.82, 2.24) is 0 Å². The molecule has 0 amide bonds. The summed E-state index contributed by atoms with van der Waals surface area (Å²) >= 11 is 0. The van der Waals surface area contributed by atoms with Crippen LogP contribution in [0.15, 0.2) is 0 Å². The summed E-state index contributed by atoms with van der Waals surface area (Å²) in [7, 11) is -6.00. The molecule has 3 nitrogen and oxygen atoms in total. The van der Waals surface area contributed by atoms with E-state index in [2.05, 4.69) is 4.74 Å². The Balaban J connectivity index is 0.000000187. The minimum Gasteiger partial charge on any atom is -0.462 e. The fourth-order valence-electron chi connectivity index (χ4n) is 0.248. The highest BCUT2D eigenvalue weighted by atomic mass is 19.5. The third kappa shape index (κ3) is 7.11. The van der Waals surface area contributed by atoms with Gasteiger partial charge in [0.05, 0.1) is 0 Å². The molecule has 66 valence electrons. The number of ether oxygens (including phenoxy) is 1. The third-order valence-corrected chi connectivity index (χ3v) is 0.708. The largest absolute Gasteiger partial charge is 0.673 e. The average molecular weight is 174 g/mol. The second-order valence-electron chi connectivity index (χ2n) is 1.73. The van der Waals surface area contributed by atoms with Gasteiger partial charge in [0.15, 0.2) is 0 Å². The Morgan fingerprint density at radius 1 is 1.45 bits per heavy atom. The van der Waals surface area contributed by atoms with Gasteiger partial charge in [-0.15, -0.1) is 0 Å². The van der Waals surface area contributed by atoms with Gasteiger partial charge in [-0.1, -0.05) is 0 Å². The molecule has 1 aliphatic rings. The van der Waals surface area contributed by atoms with Crippen molar-refractivity contribution in [2.45, 2.75) is 6.04 Å². The molecule has 0 aromatic heterocycles. The van der Waals surface area contributed by atoms with Crippen LogP contribution >= 0.6 is 0 Å². The summed E-state index contributed by atoms with van der Waals surface area (Å²) in [6.07, 6.45) is 0. The quantitative estimate of drug-likeness (QED) is 0.323. The number of esters is 1. The molecule has 0 radical (unpaired) electrons. The maximum atomic E-state index is 9.88. The van der Waals surface area contributed by atoms with Crippen LogP contribution in [0.5, 0.6) is 0 Å². The summed E-state index contributed by atoms with van der Waals surface area (Å²) in [4.78, 5) is 9.88. The number of halogens is 4. The van der Waals surface area contributed by atoms with E-state index in [0.29, 0.717) is 6.61 Å². The van der Waals surface area contributed by atoms with Crippen molar-refractivity contribution in [3.8, 4) is 0 Å². The van der Waals surface area contributed by atoms with Crippen LogP contribution in [0.1, 0.15) is 0 Å². The van der Waals surface area contributed by atoms with Gasteiger partial charge in [-0.2, -0.15) is 0 Å². The van der Waals surface area contributed by atoms with Gasteiger partial charge in [-0.25, -0.2) is 0 Å². The van der Waals surface area contributed by atoms with Crippen LogP contribution in [-0.2, 0) is 9.53 Å². The second kappa shape index (κ2) is 3.56. The van der Waals surface area contributed by atoms with Gasteiger partial charge in [0.25, 0.3) is 0 Å². The van der Waals surface area contributed by atoms with E-state index in [1.807, 2.05) is 0 Å². The molecule has 8 heteroatoms. The first-order chi connectivity index (χ1) is 4.80. The van der Waals surface area contributed by atoms with Gasteiger partial charge in [-0.3, -0.25) is 4.79 Å². The van der Waals surface area contributed by atoms with Crippen molar-refractivity contribution in [2.24, 2.45) is 5.73 Å². The van der Waals surface area contributed by atoms with E-state index in [9.17, 15) is 22.1 Å². The van der Waals surface area contributed by atoms with Crippen molar-refractivity contribution >= 4 is 13.2 Å². The van der Waals surface area contributed by atoms with Crippen molar-refractivity contribution in [2.75, 3.05) is 6.61 Å². The van der Waals surface area contributed by atoms with E-state index in [0.717, 1.165) is 0 Å². The fourth-order valence-corrected chi connectivity index (χ4v) is 0.248. The summed E-state index contributed by atoms with van der Waals surface area (Å²) in [6, 6.07) is -0.329. The summed E-state index contributed by atoms with van der Waals surface area (Å²) in [6.45, 7) is 0.402. The van der Waals surface area contributed by atoms with Crippen LogP contribution in [0.25, 0.3) is 0 Å². The first kappa shape index (κ1) is 10.2. The van der Waals surface area contributed by atoms with E-state index < -0.39 is 7.25 Å². The molecular weight excluding hydrogens is 169 g/mol. The van der Waals surface area contributed by atoms with Gasteiger partial charge in [0.2, 0.25) is 0 Å². The highest BCUT2D eigenvalue weighted by molar-refractivity contribution is 6.50. The van der Waals surface area contributed by atoms with Gasteiger partial charge in [0, 0.05) is 0 Å². The Hall–Kier alpha value is -0.785. The Morgan fingerprint density at radius 2 is 1.73 bits per heavy atom. The predicted molar refractivity (Wildman–Crippen MR) is 29.1 cm³/mol. The zero-order valence-corrected chi connectivity index (χ0v) is 5.27. The molecular formula is C3H5BF4NO2-. The molecule has 1 aliphatic heterocycles.